The summed E-state index contributed by atoms with van der Waals surface area (Å²) in [5, 5.41) is 5.78. The van der Waals surface area contributed by atoms with Gasteiger partial charge in [0.1, 0.15) is 0 Å². The van der Waals surface area contributed by atoms with Gasteiger partial charge in [-0.25, -0.2) is 8.78 Å². The van der Waals surface area contributed by atoms with Crippen molar-refractivity contribution in [2.24, 2.45) is 0 Å². The average molecular weight is 359 g/mol. The third kappa shape index (κ3) is 3.80. The first kappa shape index (κ1) is 17.7. The van der Waals surface area contributed by atoms with Gasteiger partial charge < -0.3 is 10.6 Å². The molecule has 0 bridgehead atoms. The zero-order valence-corrected chi connectivity index (χ0v) is 13.5. The maximum Gasteiger partial charge on any atom is 0.257 e. The molecule has 0 fully saturated rings. The number of carbonyl (C=O) groups is 1. The van der Waals surface area contributed by atoms with Gasteiger partial charge in [0, 0.05) is 12.2 Å². The minimum atomic E-state index is -1.11. The van der Waals surface area contributed by atoms with Crippen LogP contribution in [0.25, 0.3) is 0 Å². The van der Waals surface area contributed by atoms with E-state index in [1.165, 1.54) is 5.56 Å². The van der Waals surface area contributed by atoms with E-state index >= 15 is 0 Å². The largest absolute Gasteiger partial charge is 0.322 e. The van der Waals surface area contributed by atoms with E-state index in [0.29, 0.717) is 5.69 Å². The average Bonchev–Trinajstić information content (AvgIpc) is 2.50. The van der Waals surface area contributed by atoms with Crippen LogP contribution in [-0.2, 0) is 13.0 Å². The summed E-state index contributed by atoms with van der Waals surface area (Å²) in [7, 11) is 0. The van der Waals surface area contributed by atoms with Crippen LogP contribution in [0.15, 0.2) is 30.3 Å². The first-order valence-electron chi connectivity index (χ1n) is 6.83. The summed E-state index contributed by atoms with van der Waals surface area (Å²) in [5.74, 6) is -2.77. The number of benzene rings is 2. The van der Waals surface area contributed by atoms with E-state index in [1.54, 1.807) is 6.07 Å². The summed E-state index contributed by atoms with van der Waals surface area (Å²) in [5.41, 5.74) is 2.84. The van der Waals surface area contributed by atoms with Crippen molar-refractivity contribution in [2.75, 3.05) is 11.9 Å². The van der Waals surface area contributed by atoms with Crippen LogP contribution in [0, 0.1) is 11.6 Å². The lowest BCUT2D eigenvalue weighted by atomic mass is 10.0. The van der Waals surface area contributed by atoms with E-state index < -0.39 is 17.5 Å². The molecule has 2 aromatic carbocycles. The molecule has 23 heavy (non-hydrogen) atoms. The van der Waals surface area contributed by atoms with Gasteiger partial charge in [0.15, 0.2) is 11.6 Å². The van der Waals surface area contributed by atoms with Gasteiger partial charge in [-0.05, 0) is 48.4 Å². The van der Waals surface area contributed by atoms with E-state index in [1.807, 2.05) is 12.1 Å². The fourth-order valence-electron chi connectivity index (χ4n) is 2.45. The molecule has 7 heteroatoms. The second-order valence-electron chi connectivity index (χ2n) is 5.11. The number of carbonyl (C=O) groups excluding carboxylic acids is 1. The number of hydrogen-bond acceptors (Lipinski definition) is 2. The highest BCUT2D eigenvalue weighted by atomic mass is 35.5. The van der Waals surface area contributed by atoms with Crippen LogP contribution in [0.1, 0.15) is 21.5 Å². The van der Waals surface area contributed by atoms with Crippen LogP contribution in [0.5, 0.6) is 0 Å². The number of rotatable bonds is 2. The maximum absolute atomic E-state index is 13.3. The Morgan fingerprint density at radius 3 is 2.65 bits per heavy atom. The van der Waals surface area contributed by atoms with E-state index in [9.17, 15) is 13.6 Å². The van der Waals surface area contributed by atoms with Gasteiger partial charge in [0.05, 0.1) is 10.6 Å². The Hall–Kier alpha value is -1.69. The Morgan fingerprint density at radius 1 is 1.13 bits per heavy atom. The number of amides is 1. The molecule has 2 N–H and O–H groups in total. The van der Waals surface area contributed by atoms with Crippen LogP contribution >= 0.6 is 24.0 Å². The minimum Gasteiger partial charge on any atom is -0.322 e. The molecule has 0 spiro atoms. The Morgan fingerprint density at radius 2 is 1.87 bits per heavy atom. The Kier molecular flexibility index (Phi) is 5.57. The molecule has 3 nitrogen and oxygen atoms in total. The van der Waals surface area contributed by atoms with Gasteiger partial charge in [0.25, 0.3) is 5.91 Å². The minimum absolute atomic E-state index is 0. The lowest BCUT2D eigenvalue weighted by molar-refractivity contribution is 0.102. The lowest BCUT2D eigenvalue weighted by Crippen LogP contribution is -2.23. The molecule has 0 aliphatic carbocycles. The van der Waals surface area contributed by atoms with Gasteiger partial charge in [-0.1, -0.05) is 17.7 Å². The summed E-state index contributed by atoms with van der Waals surface area (Å²) in [6.07, 6.45) is 0.943. The molecule has 1 aliphatic heterocycles. The van der Waals surface area contributed by atoms with Gasteiger partial charge >= 0.3 is 0 Å². The number of halogens is 4. The molecule has 2 aromatic rings. The molecular formula is C16H14Cl2F2N2O. The van der Waals surface area contributed by atoms with Gasteiger partial charge in [0.2, 0.25) is 0 Å². The standard InChI is InChI=1S/C16H13ClF2N2O.ClH/c17-13-7-15(19)14(18)6-12(13)16(22)21-11-2-1-9-3-4-20-8-10(9)5-11;/h1-2,5-7,20H,3-4,8H2,(H,21,22);1H. The second-order valence-corrected chi connectivity index (χ2v) is 5.52. The van der Waals surface area contributed by atoms with Crippen molar-refractivity contribution >= 4 is 35.6 Å². The highest BCUT2D eigenvalue weighted by molar-refractivity contribution is 6.34. The predicted molar refractivity (Wildman–Crippen MR) is 88.4 cm³/mol. The van der Waals surface area contributed by atoms with Crippen LogP contribution < -0.4 is 10.6 Å². The Balaban J connectivity index is 0.00000192. The van der Waals surface area contributed by atoms with Gasteiger partial charge in [-0.3, -0.25) is 4.79 Å². The topological polar surface area (TPSA) is 41.1 Å². The predicted octanol–water partition coefficient (Wildman–Crippen LogP) is 3.94. The molecule has 0 saturated heterocycles. The number of fused-ring (bicyclic) bond motifs is 1. The summed E-state index contributed by atoms with van der Waals surface area (Å²) in [6, 6.07) is 7.21. The van der Waals surface area contributed by atoms with Crippen molar-refractivity contribution in [3.63, 3.8) is 0 Å². The quantitative estimate of drug-likeness (QED) is 0.798. The molecule has 0 aromatic heterocycles. The molecule has 122 valence electrons. The third-order valence-corrected chi connectivity index (χ3v) is 3.92. The maximum atomic E-state index is 13.3. The molecule has 1 heterocycles. The van der Waals surface area contributed by atoms with Crippen LogP contribution in [-0.4, -0.2) is 12.5 Å². The third-order valence-electron chi connectivity index (χ3n) is 3.61. The normalized spacial score (nSPS) is 13.0. The van der Waals surface area contributed by atoms with Crippen LogP contribution in [0.2, 0.25) is 5.02 Å². The van der Waals surface area contributed by atoms with E-state index in [2.05, 4.69) is 10.6 Å². The fourth-order valence-corrected chi connectivity index (χ4v) is 2.69. The molecular weight excluding hydrogens is 345 g/mol. The molecule has 1 amide bonds. The van der Waals surface area contributed by atoms with E-state index in [0.717, 1.165) is 37.2 Å². The Labute approximate surface area is 143 Å². The molecule has 0 unspecified atom stereocenters. The van der Waals surface area contributed by atoms with E-state index in [4.69, 9.17) is 11.6 Å². The van der Waals surface area contributed by atoms with Gasteiger partial charge in [-0.15, -0.1) is 12.4 Å². The zero-order valence-electron chi connectivity index (χ0n) is 12.0. The molecule has 0 saturated carbocycles. The van der Waals surface area contributed by atoms with Crippen molar-refractivity contribution in [1.29, 1.82) is 0 Å². The van der Waals surface area contributed by atoms with Crippen LogP contribution in [0.4, 0.5) is 14.5 Å². The van der Waals surface area contributed by atoms with Crippen molar-refractivity contribution < 1.29 is 13.6 Å². The molecule has 3 rings (SSSR count). The van der Waals surface area contributed by atoms with Crippen molar-refractivity contribution in [3.8, 4) is 0 Å². The van der Waals surface area contributed by atoms with Crippen molar-refractivity contribution in [1.82, 2.24) is 5.32 Å². The van der Waals surface area contributed by atoms with Crippen molar-refractivity contribution in [2.45, 2.75) is 13.0 Å². The fraction of sp³-hybridized carbons (Fsp3) is 0.188. The SMILES string of the molecule is Cl.O=C(Nc1ccc2c(c1)CNCC2)c1cc(F)c(F)cc1Cl. The summed E-state index contributed by atoms with van der Waals surface area (Å²) in [4.78, 5) is 12.2. The number of nitrogens with one attached hydrogen (secondary N) is 2. The highest BCUT2D eigenvalue weighted by Crippen LogP contribution is 2.23. The monoisotopic (exact) mass is 358 g/mol. The number of hydrogen-bond donors (Lipinski definition) is 2. The van der Waals surface area contributed by atoms with Crippen LogP contribution in [0.3, 0.4) is 0 Å². The molecule has 0 atom stereocenters. The Bertz CT molecular complexity index is 753. The first-order chi connectivity index (χ1) is 10.5. The summed E-state index contributed by atoms with van der Waals surface area (Å²) < 4.78 is 26.3. The smallest absolute Gasteiger partial charge is 0.257 e. The molecule has 0 radical (unpaired) electrons. The zero-order chi connectivity index (χ0) is 15.7. The highest BCUT2D eigenvalue weighted by Gasteiger charge is 2.16. The number of anilines is 1. The summed E-state index contributed by atoms with van der Waals surface area (Å²) >= 11 is 5.80. The summed E-state index contributed by atoms with van der Waals surface area (Å²) in [6.45, 7) is 1.67. The lowest BCUT2D eigenvalue weighted by Gasteiger charge is -2.18. The molecule has 1 aliphatic rings. The van der Waals surface area contributed by atoms with Gasteiger partial charge in [-0.2, -0.15) is 0 Å². The first-order valence-corrected chi connectivity index (χ1v) is 7.21. The van der Waals surface area contributed by atoms with Crippen molar-refractivity contribution in [3.05, 3.63) is 63.7 Å². The second kappa shape index (κ2) is 7.25. The van der Waals surface area contributed by atoms with E-state index in [-0.39, 0.29) is 23.0 Å².